The van der Waals surface area contributed by atoms with Gasteiger partial charge in [0.1, 0.15) is 10.1 Å². The first-order valence-electron chi connectivity index (χ1n) is 6.98. The predicted octanol–water partition coefficient (Wildman–Crippen LogP) is 0.653. The zero-order valence-electron chi connectivity index (χ0n) is 12.8. The van der Waals surface area contributed by atoms with Crippen LogP contribution in [0.1, 0.15) is 37.8 Å². The summed E-state index contributed by atoms with van der Waals surface area (Å²) >= 11 is 0. The summed E-state index contributed by atoms with van der Waals surface area (Å²) in [5, 5.41) is 1.44. The summed E-state index contributed by atoms with van der Waals surface area (Å²) in [5.74, 6) is 0. The molecule has 0 aliphatic heterocycles. The monoisotopic (exact) mass is 330 g/mol. The molecule has 0 N–H and O–H groups in total. The number of fused-ring (bicyclic) bond motifs is 1. The maximum Gasteiger partial charge on any atom is 1.00 e. The normalized spacial score (nSPS) is 11.4. The van der Waals surface area contributed by atoms with Crippen LogP contribution in [0.4, 0.5) is 0 Å². The molecule has 0 heterocycles. The van der Waals surface area contributed by atoms with Crippen molar-refractivity contribution in [1.29, 1.82) is 0 Å². The Kier molecular flexibility index (Phi) is 7.53. The molecule has 0 aromatic heterocycles. The third-order valence-corrected chi connectivity index (χ3v) is 4.38. The molecule has 0 atom stereocenters. The number of hydrogen-bond donors (Lipinski definition) is 0. The van der Waals surface area contributed by atoms with Gasteiger partial charge >= 0.3 is 51.4 Å². The van der Waals surface area contributed by atoms with E-state index in [0.29, 0.717) is 5.39 Å². The van der Waals surface area contributed by atoms with E-state index in [-0.39, 0.29) is 56.3 Å². The van der Waals surface area contributed by atoms with E-state index in [2.05, 4.69) is 19.9 Å². The van der Waals surface area contributed by atoms with Gasteiger partial charge in [0.15, 0.2) is 0 Å². The molecule has 5 heteroatoms. The van der Waals surface area contributed by atoms with Gasteiger partial charge in [-0.1, -0.05) is 51.0 Å². The third kappa shape index (κ3) is 4.38. The SMILES string of the molecule is CCCc1ccc2cccc(S(=O)(=O)[O-])c2c1CCC.[K+]. The molecule has 0 saturated carbocycles. The number of benzene rings is 2. The second-order valence-electron chi connectivity index (χ2n) is 5.01. The summed E-state index contributed by atoms with van der Waals surface area (Å²) in [6, 6.07) is 8.87. The fourth-order valence-electron chi connectivity index (χ4n) is 2.71. The molecule has 3 nitrogen and oxygen atoms in total. The summed E-state index contributed by atoms with van der Waals surface area (Å²) in [4.78, 5) is -0.0867. The van der Waals surface area contributed by atoms with Crippen molar-refractivity contribution in [3.63, 3.8) is 0 Å². The van der Waals surface area contributed by atoms with Crippen LogP contribution in [0.2, 0.25) is 0 Å². The fourth-order valence-corrected chi connectivity index (χ4v) is 3.45. The predicted molar refractivity (Wildman–Crippen MR) is 79.9 cm³/mol. The molecular weight excluding hydrogens is 311 g/mol. The first-order valence-corrected chi connectivity index (χ1v) is 8.39. The van der Waals surface area contributed by atoms with Gasteiger partial charge in [-0.3, -0.25) is 0 Å². The van der Waals surface area contributed by atoms with Crippen molar-refractivity contribution in [2.24, 2.45) is 0 Å². The molecule has 21 heavy (non-hydrogen) atoms. The van der Waals surface area contributed by atoms with Gasteiger partial charge in [-0.15, -0.1) is 0 Å². The molecule has 0 aliphatic carbocycles. The molecular formula is C16H19KO3S. The van der Waals surface area contributed by atoms with Crippen molar-refractivity contribution in [1.82, 2.24) is 0 Å². The summed E-state index contributed by atoms with van der Waals surface area (Å²) in [6.07, 6.45) is 3.61. The Morgan fingerprint density at radius 2 is 1.67 bits per heavy atom. The standard InChI is InChI=1S/C16H20O3S.K/c1-3-6-12-10-11-13-8-5-9-15(20(17,18)19)16(13)14(12)7-4-2;/h5,8-11H,3-4,6-7H2,1-2H3,(H,17,18,19);/q;+1/p-1. The van der Waals surface area contributed by atoms with Crippen molar-refractivity contribution in [2.45, 2.75) is 44.4 Å². The van der Waals surface area contributed by atoms with Gasteiger partial charge in [0, 0.05) is 5.39 Å². The second kappa shape index (κ2) is 8.20. The van der Waals surface area contributed by atoms with Crippen molar-refractivity contribution in [3.8, 4) is 0 Å². The topological polar surface area (TPSA) is 57.2 Å². The van der Waals surface area contributed by atoms with E-state index in [1.165, 1.54) is 6.07 Å². The molecule has 0 spiro atoms. The van der Waals surface area contributed by atoms with Crippen LogP contribution < -0.4 is 51.4 Å². The van der Waals surface area contributed by atoms with Gasteiger partial charge in [-0.2, -0.15) is 0 Å². The Labute approximate surface area is 169 Å². The summed E-state index contributed by atoms with van der Waals surface area (Å²) in [5.41, 5.74) is 2.17. The van der Waals surface area contributed by atoms with E-state index in [0.717, 1.165) is 42.2 Å². The molecule has 0 unspecified atom stereocenters. The average molecular weight is 330 g/mol. The van der Waals surface area contributed by atoms with Gasteiger partial charge in [-0.05, 0) is 35.4 Å². The van der Waals surface area contributed by atoms with Gasteiger partial charge in [-0.25, -0.2) is 8.42 Å². The molecule has 0 saturated heterocycles. The Balaban J connectivity index is 0.00000220. The fraction of sp³-hybridized carbons (Fsp3) is 0.375. The minimum absolute atomic E-state index is 0. The zero-order chi connectivity index (χ0) is 14.8. The Morgan fingerprint density at radius 1 is 1.00 bits per heavy atom. The summed E-state index contributed by atoms with van der Waals surface area (Å²) in [6.45, 7) is 4.15. The Bertz CT molecular complexity index is 724. The van der Waals surface area contributed by atoms with Crippen LogP contribution >= 0.6 is 0 Å². The van der Waals surface area contributed by atoms with E-state index in [1.807, 2.05) is 12.1 Å². The maximum absolute atomic E-state index is 11.5. The minimum atomic E-state index is -4.45. The maximum atomic E-state index is 11.5. The Morgan fingerprint density at radius 3 is 2.24 bits per heavy atom. The largest absolute Gasteiger partial charge is 1.00 e. The van der Waals surface area contributed by atoms with E-state index >= 15 is 0 Å². The molecule has 2 aromatic rings. The first-order chi connectivity index (χ1) is 9.49. The Hall–Kier alpha value is 0.246. The number of hydrogen-bond acceptors (Lipinski definition) is 3. The van der Waals surface area contributed by atoms with Crippen LogP contribution in [-0.2, 0) is 23.0 Å². The number of aryl methyl sites for hydroxylation is 2. The van der Waals surface area contributed by atoms with Crippen LogP contribution in [0, 0.1) is 0 Å². The van der Waals surface area contributed by atoms with E-state index in [4.69, 9.17) is 0 Å². The molecule has 0 amide bonds. The smallest absolute Gasteiger partial charge is 0.744 e. The zero-order valence-corrected chi connectivity index (χ0v) is 16.8. The van der Waals surface area contributed by atoms with E-state index in [9.17, 15) is 13.0 Å². The van der Waals surface area contributed by atoms with Gasteiger partial charge < -0.3 is 4.55 Å². The molecule has 2 aromatic carbocycles. The van der Waals surface area contributed by atoms with Crippen LogP contribution in [0.25, 0.3) is 10.8 Å². The molecule has 0 radical (unpaired) electrons. The second-order valence-corrected chi connectivity index (χ2v) is 6.36. The molecule has 0 fully saturated rings. The molecule has 0 aliphatic rings. The van der Waals surface area contributed by atoms with Gasteiger partial charge in [0.05, 0.1) is 4.90 Å². The average Bonchev–Trinajstić information content (AvgIpc) is 2.40. The van der Waals surface area contributed by atoms with Crippen LogP contribution in [0.5, 0.6) is 0 Å². The first kappa shape index (κ1) is 19.3. The molecule has 2 rings (SSSR count). The summed E-state index contributed by atoms with van der Waals surface area (Å²) in [7, 11) is -4.45. The minimum Gasteiger partial charge on any atom is -0.744 e. The van der Waals surface area contributed by atoms with E-state index in [1.54, 1.807) is 6.07 Å². The van der Waals surface area contributed by atoms with Crippen molar-refractivity contribution >= 4 is 20.9 Å². The van der Waals surface area contributed by atoms with Gasteiger partial charge in [0.25, 0.3) is 0 Å². The van der Waals surface area contributed by atoms with Crippen LogP contribution in [0.3, 0.4) is 0 Å². The van der Waals surface area contributed by atoms with Gasteiger partial charge in [0.2, 0.25) is 0 Å². The summed E-state index contributed by atoms with van der Waals surface area (Å²) < 4.78 is 34.6. The third-order valence-electron chi connectivity index (χ3n) is 3.50. The quantitative estimate of drug-likeness (QED) is 0.597. The number of rotatable bonds is 5. The van der Waals surface area contributed by atoms with Crippen molar-refractivity contribution < 1.29 is 64.4 Å². The van der Waals surface area contributed by atoms with Crippen molar-refractivity contribution in [3.05, 3.63) is 41.5 Å². The molecule has 0 bridgehead atoms. The van der Waals surface area contributed by atoms with E-state index < -0.39 is 10.1 Å². The van der Waals surface area contributed by atoms with Crippen LogP contribution in [0.15, 0.2) is 35.2 Å². The van der Waals surface area contributed by atoms with Crippen molar-refractivity contribution in [2.75, 3.05) is 0 Å². The molecule has 108 valence electrons. The van der Waals surface area contributed by atoms with Crippen LogP contribution in [-0.4, -0.2) is 13.0 Å².